The van der Waals surface area contributed by atoms with E-state index < -0.39 is 24.2 Å². The van der Waals surface area contributed by atoms with Crippen LogP contribution in [0.2, 0.25) is 5.02 Å². The third-order valence-electron chi connectivity index (χ3n) is 4.85. The number of nitrogens with zero attached hydrogens (tertiary/aromatic N) is 2. The number of carbonyl (C=O) groups excluding carboxylic acids is 1. The van der Waals surface area contributed by atoms with E-state index >= 15 is 0 Å². The highest BCUT2D eigenvalue weighted by Crippen LogP contribution is 2.42. The minimum atomic E-state index is -4.87. The summed E-state index contributed by atoms with van der Waals surface area (Å²) in [6, 6.07) is 2.62. The Morgan fingerprint density at radius 3 is 2.64 bits per heavy atom. The van der Waals surface area contributed by atoms with Gasteiger partial charge in [-0.15, -0.1) is 0 Å². The van der Waals surface area contributed by atoms with Gasteiger partial charge in [0.05, 0.1) is 12.1 Å². The third-order valence-corrected chi connectivity index (χ3v) is 5.77. The van der Waals surface area contributed by atoms with Crippen LogP contribution in [-0.2, 0) is 11.2 Å². The smallest absolute Gasteiger partial charge is 0.391 e. The minimum absolute atomic E-state index is 0.0280. The van der Waals surface area contributed by atoms with Gasteiger partial charge in [0, 0.05) is 41.6 Å². The van der Waals surface area contributed by atoms with Crippen LogP contribution in [0.5, 0.6) is 0 Å². The van der Waals surface area contributed by atoms with Crippen LogP contribution in [0.15, 0.2) is 16.6 Å². The van der Waals surface area contributed by atoms with Gasteiger partial charge in [0.15, 0.2) is 0 Å². The van der Waals surface area contributed by atoms with E-state index in [9.17, 15) is 23.1 Å². The number of aliphatic hydroxyl groups excluding tert-OH is 1. The van der Waals surface area contributed by atoms with Gasteiger partial charge >= 0.3 is 12.1 Å². The summed E-state index contributed by atoms with van der Waals surface area (Å²) in [7, 11) is 0. The number of fused-ring (bicyclic) bond motifs is 1. The fraction of sp³-hybridized carbons (Fsp3) is 0.562. The molecule has 1 aliphatic heterocycles. The summed E-state index contributed by atoms with van der Waals surface area (Å²) in [5, 5.41) is 11.0. The minimum Gasteiger partial charge on any atom is -0.391 e. The van der Waals surface area contributed by atoms with E-state index in [2.05, 4.69) is 15.9 Å². The van der Waals surface area contributed by atoms with Crippen LogP contribution in [0.3, 0.4) is 0 Å². The first-order valence-corrected chi connectivity index (χ1v) is 9.04. The second kappa shape index (κ2) is 6.72. The van der Waals surface area contributed by atoms with Crippen molar-refractivity contribution in [3.05, 3.63) is 32.8 Å². The number of aliphatic hydroxyl groups is 1. The van der Waals surface area contributed by atoms with Gasteiger partial charge in [-0.25, -0.2) is 0 Å². The highest BCUT2D eigenvalue weighted by atomic mass is 79.9. The number of piperazine rings is 1. The standard InChI is InChI=1S/C16H17BrClF3N2O2/c1-8-7-22(2-3-23(8)15(25)16(19,20)21)14-11-4-9(18)5-12(17)10(11)6-13(14)24/h4-5,8,13-14,24H,2-3,6-7H2,1H3/t8-,13-,14-/m1/s1. The Balaban J connectivity index is 1.81. The average Bonchev–Trinajstić information content (AvgIpc) is 2.82. The quantitative estimate of drug-likeness (QED) is 0.728. The Morgan fingerprint density at radius 1 is 1.36 bits per heavy atom. The number of alkyl halides is 3. The summed E-state index contributed by atoms with van der Waals surface area (Å²) < 4.78 is 38.9. The maximum absolute atomic E-state index is 12.7. The molecule has 2 aliphatic rings. The van der Waals surface area contributed by atoms with Crippen molar-refractivity contribution in [1.29, 1.82) is 0 Å². The SMILES string of the molecule is C[C@@H]1CN([C@@H]2c3cc(Cl)cc(Br)c3C[C@H]2O)CCN1C(=O)C(F)(F)F. The molecular formula is C16H17BrClF3N2O2. The molecule has 9 heteroatoms. The molecule has 0 bridgehead atoms. The van der Waals surface area contributed by atoms with Crippen molar-refractivity contribution >= 4 is 33.4 Å². The van der Waals surface area contributed by atoms with Crippen LogP contribution in [0.4, 0.5) is 13.2 Å². The number of amides is 1. The molecule has 1 aliphatic carbocycles. The number of benzene rings is 1. The summed E-state index contributed by atoms with van der Waals surface area (Å²) in [5.41, 5.74) is 1.85. The molecule has 0 saturated carbocycles. The van der Waals surface area contributed by atoms with E-state index in [0.29, 0.717) is 11.4 Å². The molecule has 25 heavy (non-hydrogen) atoms. The second-order valence-electron chi connectivity index (χ2n) is 6.51. The van der Waals surface area contributed by atoms with Crippen LogP contribution >= 0.6 is 27.5 Å². The second-order valence-corrected chi connectivity index (χ2v) is 7.80. The van der Waals surface area contributed by atoms with E-state index in [-0.39, 0.29) is 25.7 Å². The topological polar surface area (TPSA) is 43.8 Å². The van der Waals surface area contributed by atoms with Crippen molar-refractivity contribution < 1.29 is 23.1 Å². The van der Waals surface area contributed by atoms with Crippen LogP contribution in [-0.4, -0.2) is 58.8 Å². The Hall–Kier alpha value is -0.830. The largest absolute Gasteiger partial charge is 0.471 e. The molecule has 0 spiro atoms. The third kappa shape index (κ3) is 3.54. The first-order chi connectivity index (χ1) is 11.6. The fourth-order valence-corrected chi connectivity index (χ4v) is 4.77. The lowest BCUT2D eigenvalue weighted by Gasteiger charge is -2.43. The number of halogens is 5. The summed E-state index contributed by atoms with van der Waals surface area (Å²) in [6.07, 6.45) is -5.08. The maximum atomic E-state index is 12.7. The summed E-state index contributed by atoms with van der Waals surface area (Å²) in [4.78, 5) is 14.3. The van der Waals surface area contributed by atoms with Crippen LogP contribution in [0.1, 0.15) is 24.1 Å². The lowest BCUT2D eigenvalue weighted by atomic mass is 10.0. The summed E-state index contributed by atoms with van der Waals surface area (Å²) >= 11 is 9.56. The normalized spacial score (nSPS) is 27.5. The Bertz CT molecular complexity index is 701. The van der Waals surface area contributed by atoms with E-state index in [1.54, 1.807) is 19.1 Å². The van der Waals surface area contributed by atoms with Crippen molar-refractivity contribution in [2.45, 2.75) is 37.7 Å². The molecule has 0 radical (unpaired) electrons. The van der Waals surface area contributed by atoms with E-state index in [1.165, 1.54) is 0 Å². The first-order valence-electron chi connectivity index (χ1n) is 7.87. The van der Waals surface area contributed by atoms with Crippen molar-refractivity contribution in [2.75, 3.05) is 19.6 Å². The lowest BCUT2D eigenvalue weighted by molar-refractivity contribution is -0.190. The molecule has 1 N–H and O–H groups in total. The Labute approximate surface area is 156 Å². The van der Waals surface area contributed by atoms with Gasteiger partial charge < -0.3 is 10.0 Å². The molecule has 1 fully saturated rings. The van der Waals surface area contributed by atoms with Gasteiger partial charge in [0.2, 0.25) is 0 Å². The summed E-state index contributed by atoms with van der Waals surface area (Å²) in [6.45, 7) is 2.08. The van der Waals surface area contributed by atoms with E-state index in [0.717, 1.165) is 20.5 Å². The molecule has 1 aromatic carbocycles. The zero-order valence-corrected chi connectivity index (χ0v) is 15.7. The molecule has 1 saturated heterocycles. The van der Waals surface area contributed by atoms with Gasteiger partial charge in [-0.05, 0) is 30.2 Å². The average molecular weight is 442 g/mol. The van der Waals surface area contributed by atoms with Crippen molar-refractivity contribution in [1.82, 2.24) is 9.80 Å². The first kappa shape index (κ1) is 18.9. The monoisotopic (exact) mass is 440 g/mol. The van der Waals surface area contributed by atoms with Crippen molar-refractivity contribution in [2.24, 2.45) is 0 Å². The lowest BCUT2D eigenvalue weighted by Crippen LogP contribution is -2.58. The zero-order chi connectivity index (χ0) is 18.5. The fourth-order valence-electron chi connectivity index (χ4n) is 3.77. The van der Waals surface area contributed by atoms with Crippen molar-refractivity contribution in [3.8, 4) is 0 Å². The maximum Gasteiger partial charge on any atom is 0.471 e. The number of rotatable bonds is 1. The predicted octanol–water partition coefficient (Wildman–Crippen LogP) is 3.16. The molecular weight excluding hydrogens is 425 g/mol. The number of hydrogen-bond donors (Lipinski definition) is 1. The van der Waals surface area contributed by atoms with Gasteiger partial charge in [0.25, 0.3) is 0 Å². The molecule has 0 aromatic heterocycles. The van der Waals surface area contributed by atoms with Crippen LogP contribution in [0.25, 0.3) is 0 Å². The van der Waals surface area contributed by atoms with E-state index in [1.807, 2.05) is 4.90 Å². The highest BCUT2D eigenvalue weighted by Gasteiger charge is 2.46. The highest BCUT2D eigenvalue weighted by molar-refractivity contribution is 9.10. The number of hydrogen-bond acceptors (Lipinski definition) is 3. The zero-order valence-electron chi connectivity index (χ0n) is 13.4. The molecule has 3 atom stereocenters. The van der Waals surface area contributed by atoms with Crippen LogP contribution < -0.4 is 0 Å². The van der Waals surface area contributed by atoms with Gasteiger partial charge in [-0.1, -0.05) is 27.5 Å². The Morgan fingerprint density at radius 2 is 2.04 bits per heavy atom. The molecule has 1 aromatic rings. The molecule has 4 nitrogen and oxygen atoms in total. The molecule has 1 amide bonds. The van der Waals surface area contributed by atoms with Crippen LogP contribution in [0, 0.1) is 0 Å². The van der Waals surface area contributed by atoms with Gasteiger partial charge in [0.1, 0.15) is 0 Å². The molecule has 138 valence electrons. The molecule has 1 heterocycles. The summed E-state index contributed by atoms with van der Waals surface area (Å²) in [5.74, 6) is -1.81. The van der Waals surface area contributed by atoms with Gasteiger partial charge in [-0.2, -0.15) is 13.2 Å². The molecule has 3 rings (SSSR count). The van der Waals surface area contributed by atoms with Crippen molar-refractivity contribution in [3.63, 3.8) is 0 Å². The number of carbonyl (C=O) groups is 1. The van der Waals surface area contributed by atoms with E-state index in [4.69, 9.17) is 11.6 Å². The van der Waals surface area contributed by atoms with Gasteiger partial charge in [-0.3, -0.25) is 9.69 Å². The predicted molar refractivity (Wildman–Crippen MR) is 90.4 cm³/mol. The molecule has 0 unspecified atom stereocenters. The Kier molecular flexibility index (Phi) is 5.09.